The molecule has 0 spiro atoms. The molecular weight excluding hydrogens is 280 g/mol. The van der Waals surface area contributed by atoms with E-state index in [-0.39, 0.29) is 13.0 Å². The number of carboxylic acid groups (broad SMARTS) is 2. The number of rotatable bonds is 8. The molecule has 0 amide bonds. The quantitative estimate of drug-likeness (QED) is 0.221. The molecule has 4 unspecified atom stereocenters. The van der Waals surface area contributed by atoms with Crippen LogP contribution in [0.25, 0.3) is 0 Å². The molecule has 0 aliphatic heterocycles. The molecular formula is C10H20O10. The van der Waals surface area contributed by atoms with E-state index in [1.807, 2.05) is 0 Å². The van der Waals surface area contributed by atoms with Crippen molar-refractivity contribution in [3.63, 3.8) is 0 Å². The van der Waals surface area contributed by atoms with E-state index < -0.39 is 49.4 Å². The average Bonchev–Trinajstić information content (AvgIpc) is 2.36. The lowest BCUT2D eigenvalue weighted by Gasteiger charge is -2.12. The second-order valence-corrected chi connectivity index (χ2v) is 3.78. The molecule has 0 heterocycles. The first-order valence-electron chi connectivity index (χ1n) is 5.55. The number of aliphatic hydroxyl groups is 6. The molecule has 0 rings (SSSR count). The van der Waals surface area contributed by atoms with Crippen LogP contribution in [0.15, 0.2) is 0 Å². The summed E-state index contributed by atoms with van der Waals surface area (Å²) >= 11 is 0. The normalized spacial score (nSPS) is 16.3. The van der Waals surface area contributed by atoms with Gasteiger partial charge in [-0.05, 0) is 6.42 Å². The molecule has 0 saturated heterocycles. The summed E-state index contributed by atoms with van der Waals surface area (Å²) in [5, 5.41) is 67.2. The Morgan fingerprint density at radius 3 is 1.65 bits per heavy atom. The fourth-order valence-corrected chi connectivity index (χ4v) is 0.891. The van der Waals surface area contributed by atoms with E-state index in [2.05, 4.69) is 0 Å². The molecule has 10 nitrogen and oxygen atoms in total. The summed E-state index contributed by atoms with van der Waals surface area (Å²) in [6.07, 6.45) is -6.62. The van der Waals surface area contributed by atoms with Gasteiger partial charge in [0.2, 0.25) is 0 Å². The highest BCUT2D eigenvalue weighted by atomic mass is 16.4. The molecule has 4 atom stereocenters. The number of carbonyl (C=O) groups is 2. The van der Waals surface area contributed by atoms with Crippen molar-refractivity contribution in [2.75, 3.05) is 13.2 Å². The maximum Gasteiger partial charge on any atom is 0.335 e. The molecule has 8 N–H and O–H groups in total. The zero-order chi connectivity index (χ0) is 16.3. The summed E-state index contributed by atoms with van der Waals surface area (Å²) in [5.41, 5.74) is 0. The van der Waals surface area contributed by atoms with Crippen molar-refractivity contribution in [1.29, 1.82) is 0 Å². The average molecular weight is 300 g/mol. The van der Waals surface area contributed by atoms with Crippen molar-refractivity contribution in [1.82, 2.24) is 0 Å². The molecule has 120 valence electrons. The zero-order valence-electron chi connectivity index (χ0n) is 10.5. The van der Waals surface area contributed by atoms with Gasteiger partial charge in [-0.25, -0.2) is 4.79 Å². The van der Waals surface area contributed by atoms with Crippen LogP contribution in [-0.2, 0) is 9.59 Å². The minimum absolute atomic E-state index is 0.131. The summed E-state index contributed by atoms with van der Waals surface area (Å²) in [6.45, 7) is -0.972. The number of hydrogen-bond acceptors (Lipinski definition) is 8. The molecule has 0 radical (unpaired) electrons. The first-order valence-corrected chi connectivity index (χ1v) is 5.55. The number of aliphatic carboxylic acids is 2. The summed E-state index contributed by atoms with van der Waals surface area (Å²) in [4.78, 5) is 19.8. The van der Waals surface area contributed by atoms with Gasteiger partial charge in [-0.15, -0.1) is 0 Å². The Hall–Kier alpha value is -1.30. The van der Waals surface area contributed by atoms with Crippen molar-refractivity contribution >= 4 is 11.9 Å². The molecule has 10 heteroatoms. The van der Waals surface area contributed by atoms with Crippen LogP contribution < -0.4 is 0 Å². The van der Waals surface area contributed by atoms with E-state index in [1.54, 1.807) is 0 Å². The van der Waals surface area contributed by atoms with E-state index >= 15 is 0 Å². The van der Waals surface area contributed by atoms with Crippen molar-refractivity contribution in [3.8, 4) is 0 Å². The Morgan fingerprint density at radius 1 is 0.850 bits per heavy atom. The Labute approximate surface area is 114 Å². The summed E-state index contributed by atoms with van der Waals surface area (Å²) in [7, 11) is 0. The molecule has 20 heavy (non-hydrogen) atoms. The molecule has 0 aliphatic carbocycles. The third-order valence-corrected chi connectivity index (χ3v) is 2.06. The lowest BCUT2D eigenvalue weighted by atomic mass is 10.1. The van der Waals surface area contributed by atoms with Gasteiger partial charge in [-0.3, -0.25) is 4.79 Å². The summed E-state index contributed by atoms with van der Waals surface area (Å²) < 4.78 is 0. The molecule has 0 aromatic rings. The topological polar surface area (TPSA) is 196 Å². The second kappa shape index (κ2) is 11.5. The van der Waals surface area contributed by atoms with Crippen LogP contribution in [0, 0.1) is 0 Å². The summed E-state index contributed by atoms with van der Waals surface area (Å²) in [6, 6.07) is 0. The van der Waals surface area contributed by atoms with Crippen LogP contribution in [-0.4, -0.2) is 90.4 Å². The van der Waals surface area contributed by atoms with Gasteiger partial charge >= 0.3 is 11.9 Å². The predicted octanol–water partition coefficient (Wildman–Crippen LogP) is -3.65. The maximum atomic E-state index is 9.92. The molecule has 0 aliphatic rings. The van der Waals surface area contributed by atoms with E-state index in [9.17, 15) is 9.59 Å². The molecule has 0 aromatic carbocycles. The van der Waals surface area contributed by atoms with Crippen molar-refractivity contribution in [2.45, 2.75) is 37.3 Å². The minimum atomic E-state index is -1.80. The van der Waals surface area contributed by atoms with Gasteiger partial charge in [-0.1, -0.05) is 0 Å². The molecule has 0 bridgehead atoms. The second-order valence-electron chi connectivity index (χ2n) is 3.78. The van der Waals surface area contributed by atoms with E-state index in [1.165, 1.54) is 0 Å². The number of aliphatic hydroxyl groups excluding tert-OH is 6. The third-order valence-electron chi connectivity index (χ3n) is 2.06. The van der Waals surface area contributed by atoms with Gasteiger partial charge in [0.15, 0.2) is 6.10 Å². The van der Waals surface area contributed by atoms with Crippen molar-refractivity contribution < 1.29 is 50.4 Å². The van der Waals surface area contributed by atoms with Gasteiger partial charge in [0.05, 0.1) is 25.2 Å². The Balaban J connectivity index is 0. The van der Waals surface area contributed by atoms with Gasteiger partial charge in [-0.2, -0.15) is 0 Å². The van der Waals surface area contributed by atoms with Gasteiger partial charge in [0.25, 0.3) is 0 Å². The van der Waals surface area contributed by atoms with E-state index in [0.717, 1.165) is 0 Å². The van der Waals surface area contributed by atoms with E-state index in [0.29, 0.717) is 0 Å². The summed E-state index contributed by atoms with van der Waals surface area (Å²) in [5.74, 6) is -2.69. The van der Waals surface area contributed by atoms with Crippen LogP contribution in [0.1, 0.15) is 12.8 Å². The van der Waals surface area contributed by atoms with Gasteiger partial charge in [0.1, 0.15) is 6.10 Å². The fraction of sp³-hybridized carbons (Fsp3) is 0.800. The highest BCUT2D eigenvalue weighted by Crippen LogP contribution is 1.98. The lowest BCUT2D eigenvalue weighted by molar-refractivity contribution is -0.153. The van der Waals surface area contributed by atoms with Crippen LogP contribution in [0.3, 0.4) is 0 Å². The molecule has 0 aromatic heterocycles. The Kier molecular flexibility index (Phi) is 12.1. The number of carboxylic acids is 2. The van der Waals surface area contributed by atoms with Crippen molar-refractivity contribution in [3.05, 3.63) is 0 Å². The minimum Gasteiger partial charge on any atom is -0.481 e. The first-order chi connectivity index (χ1) is 9.17. The zero-order valence-corrected chi connectivity index (χ0v) is 10.5. The van der Waals surface area contributed by atoms with E-state index in [4.69, 9.17) is 40.9 Å². The fourth-order valence-electron chi connectivity index (χ4n) is 0.891. The van der Waals surface area contributed by atoms with Crippen LogP contribution >= 0.6 is 0 Å². The van der Waals surface area contributed by atoms with Crippen LogP contribution in [0.4, 0.5) is 0 Å². The molecule has 0 saturated carbocycles. The Bertz CT molecular complexity index is 281. The standard InChI is InChI=1S/2C5H10O5/c6-2-4(8)3(7)1-5(9)10;6-2-1-3(7)4(8)5(9)10/h2*3-4,6-8H,1-2H2,(H,9,10). The smallest absolute Gasteiger partial charge is 0.335 e. The van der Waals surface area contributed by atoms with Crippen LogP contribution in [0.2, 0.25) is 0 Å². The number of hydrogen-bond donors (Lipinski definition) is 8. The highest BCUT2D eigenvalue weighted by Gasteiger charge is 2.22. The van der Waals surface area contributed by atoms with Crippen LogP contribution in [0.5, 0.6) is 0 Å². The lowest BCUT2D eigenvalue weighted by Crippen LogP contribution is -2.34. The van der Waals surface area contributed by atoms with Gasteiger partial charge in [0, 0.05) is 6.61 Å². The Morgan fingerprint density at radius 2 is 1.35 bits per heavy atom. The molecule has 0 fully saturated rings. The largest absolute Gasteiger partial charge is 0.481 e. The van der Waals surface area contributed by atoms with Crippen molar-refractivity contribution in [2.24, 2.45) is 0 Å². The SMILES string of the molecule is O=C(O)C(O)C(O)CCO.O=C(O)CC(O)C(O)CO. The monoisotopic (exact) mass is 300 g/mol. The third kappa shape index (κ3) is 10.6. The first kappa shape index (κ1) is 21.0. The van der Waals surface area contributed by atoms with Gasteiger partial charge < -0.3 is 40.9 Å². The maximum absolute atomic E-state index is 9.92. The predicted molar refractivity (Wildman–Crippen MR) is 62.7 cm³/mol. The highest BCUT2D eigenvalue weighted by molar-refractivity contribution is 5.72.